The summed E-state index contributed by atoms with van der Waals surface area (Å²) in [5.74, 6) is 1.66. The van der Waals surface area contributed by atoms with Crippen LogP contribution in [0.4, 0.5) is 0 Å². The second-order valence-corrected chi connectivity index (χ2v) is 4.33. The molecule has 0 bridgehead atoms. The van der Waals surface area contributed by atoms with E-state index in [4.69, 9.17) is 9.47 Å². The number of benzene rings is 1. The van der Waals surface area contributed by atoms with Gasteiger partial charge in [0.15, 0.2) is 0 Å². The summed E-state index contributed by atoms with van der Waals surface area (Å²) in [6, 6.07) is 7.59. The monoisotopic (exact) mass is 244 g/mol. The molecule has 0 aliphatic heterocycles. The molecule has 13 heavy (non-hydrogen) atoms. The van der Waals surface area contributed by atoms with Crippen molar-refractivity contribution in [3.63, 3.8) is 0 Å². The van der Waals surface area contributed by atoms with Crippen molar-refractivity contribution in [2.75, 3.05) is 13.7 Å². The lowest BCUT2D eigenvalue weighted by Gasteiger charge is -2.08. The molecule has 0 aliphatic rings. The normalized spacial score (nSPS) is 12.2. The van der Waals surface area contributed by atoms with Crippen molar-refractivity contribution in [3.8, 4) is 11.5 Å². The predicted octanol–water partition coefficient (Wildman–Crippen LogP) is 2.86. The van der Waals surface area contributed by atoms with Gasteiger partial charge in [-0.05, 0) is 19.1 Å². The molecule has 1 unspecified atom stereocenters. The molecule has 0 aliphatic carbocycles. The van der Waals surface area contributed by atoms with E-state index in [2.05, 4.69) is 15.9 Å². The fourth-order valence-electron chi connectivity index (χ4n) is 0.902. The van der Waals surface area contributed by atoms with Crippen LogP contribution in [0.15, 0.2) is 24.3 Å². The minimum Gasteiger partial charge on any atom is -0.497 e. The highest BCUT2D eigenvalue weighted by Crippen LogP contribution is 2.19. The van der Waals surface area contributed by atoms with Gasteiger partial charge in [0.2, 0.25) is 0 Å². The van der Waals surface area contributed by atoms with Crippen molar-refractivity contribution in [2.45, 2.75) is 11.8 Å². The zero-order valence-electron chi connectivity index (χ0n) is 7.79. The number of rotatable bonds is 4. The maximum atomic E-state index is 5.48. The average molecular weight is 245 g/mol. The molecule has 0 amide bonds. The molecule has 3 heteroatoms. The maximum Gasteiger partial charge on any atom is 0.123 e. The van der Waals surface area contributed by atoms with E-state index in [1.165, 1.54) is 0 Å². The lowest BCUT2D eigenvalue weighted by Crippen LogP contribution is -2.06. The molecule has 0 aromatic heterocycles. The van der Waals surface area contributed by atoms with Gasteiger partial charge in [-0.1, -0.05) is 22.0 Å². The van der Waals surface area contributed by atoms with E-state index < -0.39 is 0 Å². The van der Waals surface area contributed by atoms with Gasteiger partial charge in [0.05, 0.1) is 7.11 Å². The SMILES string of the molecule is COc1cccc(OCC(C)Br)c1. The van der Waals surface area contributed by atoms with Crippen LogP contribution in [0, 0.1) is 0 Å². The summed E-state index contributed by atoms with van der Waals surface area (Å²) >= 11 is 3.41. The van der Waals surface area contributed by atoms with Crippen molar-refractivity contribution in [1.82, 2.24) is 0 Å². The van der Waals surface area contributed by atoms with Gasteiger partial charge in [-0.3, -0.25) is 0 Å². The number of hydrogen-bond acceptors (Lipinski definition) is 2. The van der Waals surface area contributed by atoms with E-state index in [0.29, 0.717) is 11.4 Å². The topological polar surface area (TPSA) is 18.5 Å². The Morgan fingerprint density at radius 2 is 2.08 bits per heavy atom. The Morgan fingerprint density at radius 1 is 1.38 bits per heavy atom. The van der Waals surface area contributed by atoms with Gasteiger partial charge in [-0.2, -0.15) is 0 Å². The van der Waals surface area contributed by atoms with Crippen LogP contribution in [0.1, 0.15) is 6.92 Å². The third kappa shape index (κ3) is 3.68. The van der Waals surface area contributed by atoms with E-state index in [9.17, 15) is 0 Å². The standard InChI is InChI=1S/C10H13BrO2/c1-8(11)7-13-10-5-3-4-9(6-10)12-2/h3-6,8H,7H2,1-2H3. The molecule has 0 saturated heterocycles. The van der Waals surface area contributed by atoms with Crippen molar-refractivity contribution >= 4 is 15.9 Å². The van der Waals surface area contributed by atoms with Crippen LogP contribution in [-0.4, -0.2) is 18.5 Å². The van der Waals surface area contributed by atoms with Crippen LogP contribution in [0.3, 0.4) is 0 Å². The van der Waals surface area contributed by atoms with Gasteiger partial charge < -0.3 is 9.47 Å². The summed E-state index contributed by atoms with van der Waals surface area (Å²) in [5.41, 5.74) is 0. The van der Waals surface area contributed by atoms with Crippen molar-refractivity contribution in [3.05, 3.63) is 24.3 Å². The van der Waals surface area contributed by atoms with E-state index >= 15 is 0 Å². The van der Waals surface area contributed by atoms with E-state index in [1.54, 1.807) is 7.11 Å². The first kappa shape index (κ1) is 10.4. The Labute approximate surface area is 87.0 Å². The molecular weight excluding hydrogens is 232 g/mol. The minimum absolute atomic E-state index is 0.360. The molecule has 0 radical (unpaired) electrons. The Morgan fingerprint density at radius 3 is 2.69 bits per heavy atom. The van der Waals surface area contributed by atoms with Crippen LogP contribution in [0.5, 0.6) is 11.5 Å². The van der Waals surface area contributed by atoms with Gasteiger partial charge in [0.1, 0.15) is 18.1 Å². The van der Waals surface area contributed by atoms with Crippen molar-refractivity contribution in [1.29, 1.82) is 0 Å². The van der Waals surface area contributed by atoms with Gasteiger partial charge in [0.25, 0.3) is 0 Å². The number of halogens is 1. The summed E-state index contributed by atoms with van der Waals surface area (Å²) in [7, 11) is 1.65. The third-order valence-corrected chi connectivity index (χ3v) is 1.79. The lowest BCUT2D eigenvalue weighted by molar-refractivity contribution is 0.321. The fraction of sp³-hybridized carbons (Fsp3) is 0.400. The Hall–Kier alpha value is -0.700. The predicted molar refractivity (Wildman–Crippen MR) is 56.9 cm³/mol. The highest BCUT2D eigenvalue weighted by atomic mass is 79.9. The molecule has 0 fully saturated rings. The first-order chi connectivity index (χ1) is 6.22. The van der Waals surface area contributed by atoms with Crippen LogP contribution >= 0.6 is 15.9 Å². The van der Waals surface area contributed by atoms with Crippen molar-refractivity contribution < 1.29 is 9.47 Å². The third-order valence-electron chi connectivity index (χ3n) is 1.52. The summed E-state index contributed by atoms with van der Waals surface area (Å²) < 4.78 is 10.6. The van der Waals surface area contributed by atoms with Gasteiger partial charge in [0, 0.05) is 10.9 Å². The average Bonchev–Trinajstić information content (AvgIpc) is 2.15. The zero-order valence-corrected chi connectivity index (χ0v) is 9.37. The number of hydrogen-bond donors (Lipinski definition) is 0. The summed E-state index contributed by atoms with van der Waals surface area (Å²) in [6.07, 6.45) is 0. The molecule has 1 aromatic rings. The quantitative estimate of drug-likeness (QED) is 0.759. The first-order valence-electron chi connectivity index (χ1n) is 4.13. The van der Waals surface area contributed by atoms with Crippen molar-refractivity contribution in [2.24, 2.45) is 0 Å². The minimum atomic E-state index is 0.360. The molecule has 1 atom stereocenters. The fourth-order valence-corrected chi connectivity index (χ4v) is 1.03. The summed E-state index contributed by atoms with van der Waals surface area (Å²) in [6.45, 7) is 2.70. The molecule has 0 spiro atoms. The molecule has 0 N–H and O–H groups in total. The van der Waals surface area contributed by atoms with Crippen LogP contribution in [0.25, 0.3) is 0 Å². The first-order valence-corrected chi connectivity index (χ1v) is 5.05. The molecule has 72 valence electrons. The second kappa shape index (κ2) is 5.12. The van der Waals surface area contributed by atoms with Crippen LogP contribution in [-0.2, 0) is 0 Å². The molecule has 2 nitrogen and oxygen atoms in total. The molecule has 1 rings (SSSR count). The highest BCUT2D eigenvalue weighted by Gasteiger charge is 1.99. The van der Waals surface area contributed by atoms with Gasteiger partial charge in [-0.25, -0.2) is 0 Å². The van der Waals surface area contributed by atoms with E-state index in [1.807, 2.05) is 31.2 Å². The summed E-state index contributed by atoms with van der Waals surface area (Å²) in [5, 5.41) is 0. The van der Waals surface area contributed by atoms with Gasteiger partial charge >= 0.3 is 0 Å². The Bertz CT molecular complexity index is 261. The molecule has 1 aromatic carbocycles. The second-order valence-electron chi connectivity index (χ2n) is 2.77. The lowest BCUT2D eigenvalue weighted by atomic mass is 10.3. The smallest absolute Gasteiger partial charge is 0.123 e. The largest absolute Gasteiger partial charge is 0.497 e. The zero-order chi connectivity index (χ0) is 9.68. The van der Waals surface area contributed by atoms with Crippen LogP contribution < -0.4 is 9.47 Å². The summed E-state index contributed by atoms with van der Waals surface area (Å²) in [4.78, 5) is 0.360. The Balaban J connectivity index is 2.56. The van der Waals surface area contributed by atoms with E-state index in [0.717, 1.165) is 11.5 Å². The Kier molecular flexibility index (Phi) is 4.09. The van der Waals surface area contributed by atoms with E-state index in [-0.39, 0.29) is 0 Å². The number of alkyl halides is 1. The van der Waals surface area contributed by atoms with Gasteiger partial charge in [-0.15, -0.1) is 0 Å². The number of methoxy groups -OCH3 is 1. The molecular formula is C10H13BrO2. The number of ether oxygens (including phenoxy) is 2. The maximum absolute atomic E-state index is 5.48. The molecule has 0 heterocycles. The van der Waals surface area contributed by atoms with Crippen LogP contribution in [0.2, 0.25) is 0 Å². The molecule has 0 saturated carbocycles. The highest BCUT2D eigenvalue weighted by molar-refractivity contribution is 9.09.